The third-order valence-electron chi connectivity index (χ3n) is 3.66. The van der Waals surface area contributed by atoms with Crippen molar-refractivity contribution in [1.29, 1.82) is 0 Å². The molecule has 1 unspecified atom stereocenters. The first-order chi connectivity index (χ1) is 7.70. The molecule has 0 radical (unpaired) electrons. The molecule has 0 amide bonds. The normalized spacial score (nSPS) is 16.0. The molecule has 0 saturated heterocycles. The molecule has 1 aliphatic rings. The second-order valence-electron chi connectivity index (χ2n) is 4.84. The lowest BCUT2D eigenvalue weighted by atomic mass is 10.1. The Balaban J connectivity index is 2.05. The van der Waals surface area contributed by atoms with Crippen molar-refractivity contribution in [2.75, 3.05) is 18.9 Å². The average Bonchev–Trinajstić information content (AvgIpc) is 2.75. The Bertz CT molecular complexity index is 360. The molecule has 2 nitrogen and oxygen atoms in total. The molecule has 1 heterocycles. The average molecular weight is 218 g/mol. The van der Waals surface area contributed by atoms with Crippen LogP contribution in [0.2, 0.25) is 0 Å². The summed E-state index contributed by atoms with van der Waals surface area (Å²) in [6.45, 7) is 6.67. The van der Waals surface area contributed by atoms with Gasteiger partial charge in [-0.1, -0.05) is 19.1 Å². The number of nitrogens with one attached hydrogen (secondary N) is 1. The predicted octanol–water partition coefficient (Wildman–Crippen LogP) is 2.88. The van der Waals surface area contributed by atoms with Crippen LogP contribution in [0.4, 0.5) is 5.69 Å². The number of rotatable bonds is 4. The van der Waals surface area contributed by atoms with Gasteiger partial charge in [-0.15, -0.1) is 0 Å². The molecule has 88 valence electrons. The summed E-state index contributed by atoms with van der Waals surface area (Å²) in [7, 11) is 2.20. The van der Waals surface area contributed by atoms with E-state index in [1.54, 1.807) is 0 Å². The second kappa shape index (κ2) is 4.88. The molecule has 1 atom stereocenters. The van der Waals surface area contributed by atoms with E-state index < -0.39 is 0 Å². The van der Waals surface area contributed by atoms with Crippen LogP contribution in [0.25, 0.3) is 0 Å². The zero-order valence-electron chi connectivity index (χ0n) is 10.6. The van der Waals surface area contributed by atoms with Crippen LogP contribution in [0.5, 0.6) is 0 Å². The third kappa shape index (κ3) is 2.38. The highest BCUT2D eigenvalue weighted by Crippen LogP contribution is 2.24. The lowest BCUT2D eigenvalue weighted by Crippen LogP contribution is -2.27. The van der Waals surface area contributed by atoms with Gasteiger partial charge in [-0.2, -0.15) is 0 Å². The van der Waals surface area contributed by atoms with Crippen molar-refractivity contribution in [1.82, 2.24) is 4.90 Å². The smallest absolute Gasteiger partial charge is 0.0376 e. The molecule has 0 spiro atoms. The first kappa shape index (κ1) is 11.5. The Morgan fingerprint density at radius 3 is 3.00 bits per heavy atom. The number of hydrogen-bond acceptors (Lipinski definition) is 2. The van der Waals surface area contributed by atoms with Crippen LogP contribution < -0.4 is 5.32 Å². The standard InChI is InChI=1S/C14H22N2/c1-4-11(2)16(3)10-12-5-6-13-7-8-15-14(13)9-12/h5-6,9,11,15H,4,7-8,10H2,1-3H3. The van der Waals surface area contributed by atoms with Gasteiger partial charge >= 0.3 is 0 Å². The molecule has 0 aliphatic carbocycles. The first-order valence-corrected chi connectivity index (χ1v) is 6.26. The number of hydrogen-bond donors (Lipinski definition) is 1. The van der Waals surface area contributed by atoms with Crippen molar-refractivity contribution in [3.8, 4) is 0 Å². The van der Waals surface area contributed by atoms with Crippen LogP contribution in [-0.4, -0.2) is 24.5 Å². The molecule has 1 aromatic rings. The van der Waals surface area contributed by atoms with Crippen molar-refractivity contribution in [3.05, 3.63) is 29.3 Å². The summed E-state index contributed by atoms with van der Waals surface area (Å²) >= 11 is 0. The number of anilines is 1. The van der Waals surface area contributed by atoms with E-state index in [0.717, 1.165) is 13.1 Å². The van der Waals surface area contributed by atoms with Gasteiger partial charge in [0.15, 0.2) is 0 Å². The van der Waals surface area contributed by atoms with Crippen molar-refractivity contribution < 1.29 is 0 Å². The van der Waals surface area contributed by atoms with Gasteiger partial charge < -0.3 is 5.32 Å². The minimum absolute atomic E-state index is 0.654. The van der Waals surface area contributed by atoms with Crippen LogP contribution >= 0.6 is 0 Å². The summed E-state index contributed by atoms with van der Waals surface area (Å²) in [5.41, 5.74) is 4.22. The van der Waals surface area contributed by atoms with Gasteiger partial charge in [0.2, 0.25) is 0 Å². The first-order valence-electron chi connectivity index (χ1n) is 6.26. The lowest BCUT2D eigenvalue weighted by molar-refractivity contribution is 0.244. The van der Waals surface area contributed by atoms with Gasteiger partial charge in [-0.05, 0) is 44.0 Å². The minimum Gasteiger partial charge on any atom is -0.384 e. The third-order valence-corrected chi connectivity index (χ3v) is 3.66. The Labute approximate surface area is 98.7 Å². The van der Waals surface area contributed by atoms with Crippen molar-refractivity contribution in [3.63, 3.8) is 0 Å². The van der Waals surface area contributed by atoms with E-state index in [9.17, 15) is 0 Å². The maximum atomic E-state index is 3.44. The highest BCUT2D eigenvalue weighted by atomic mass is 15.1. The summed E-state index contributed by atoms with van der Waals surface area (Å²) in [5.74, 6) is 0. The molecule has 1 aliphatic heterocycles. The highest BCUT2D eigenvalue weighted by molar-refractivity contribution is 5.56. The van der Waals surface area contributed by atoms with E-state index in [-0.39, 0.29) is 0 Å². The molecule has 2 rings (SSSR count). The van der Waals surface area contributed by atoms with E-state index in [2.05, 4.69) is 49.3 Å². The van der Waals surface area contributed by atoms with E-state index >= 15 is 0 Å². The Kier molecular flexibility index (Phi) is 3.49. The Morgan fingerprint density at radius 1 is 1.44 bits per heavy atom. The molecule has 0 bridgehead atoms. The summed E-state index contributed by atoms with van der Waals surface area (Å²) in [5, 5.41) is 3.44. The topological polar surface area (TPSA) is 15.3 Å². The SMILES string of the molecule is CCC(C)N(C)Cc1ccc2c(c1)NCC2. The van der Waals surface area contributed by atoms with E-state index in [0.29, 0.717) is 6.04 Å². The zero-order valence-corrected chi connectivity index (χ0v) is 10.6. The maximum absolute atomic E-state index is 3.44. The Hall–Kier alpha value is -1.02. The van der Waals surface area contributed by atoms with E-state index in [4.69, 9.17) is 0 Å². The monoisotopic (exact) mass is 218 g/mol. The number of benzene rings is 1. The molecule has 2 heteroatoms. The predicted molar refractivity (Wildman–Crippen MR) is 69.9 cm³/mol. The summed E-state index contributed by atoms with van der Waals surface area (Å²) in [4.78, 5) is 2.41. The molecule has 0 aromatic heterocycles. The largest absolute Gasteiger partial charge is 0.384 e. The van der Waals surface area contributed by atoms with E-state index in [1.807, 2.05) is 0 Å². The number of fused-ring (bicyclic) bond motifs is 1. The van der Waals surface area contributed by atoms with Crippen molar-refractivity contribution in [2.45, 2.75) is 39.3 Å². The van der Waals surface area contributed by atoms with Crippen LogP contribution in [-0.2, 0) is 13.0 Å². The van der Waals surface area contributed by atoms with Gasteiger partial charge in [-0.3, -0.25) is 4.90 Å². The summed E-state index contributed by atoms with van der Waals surface area (Å²) < 4.78 is 0. The quantitative estimate of drug-likeness (QED) is 0.836. The number of nitrogens with zero attached hydrogens (tertiary/aromatic N) is 1. The summed E-state index contributed by atoms with van der Waals surface area (Å²) in [6, 6.07) is 7.50. The van der Waals surface area contributed by atoms with Gasteiger partial charge in [0, 0.05) is 24.8 Å². The second-order valence-corrected chi connectivity index (χ2v) is 4.84. The van der Waals surface area contributed by atoms with Crippen LogP contribution in [0.3, 0.4) is 0 Å². The molecule has 0 fully saturated rings. The van der Waals surface area contributed by atoms with Crippen molar-refractivity contribution >= 4 is 5.69 Å². The fraction of sp³-hybridized carbons (Fsp3) is 0.571. The molecular formula is C14H22N2. The van der Waals surface area contributed by atoms with Crippen LogP contribution in [0.1, 0.15) is 31.4 Å². The van der Waals surface area contributed by atoms with Crippen molar-refractivity contribution in [2.24, 2.45) is 0 Å². The van der Waals surface area contributed by atoms with Gasteiger partial charge in [0.05, 0.1) is 0 Å². The molecule has 0 saturated carbocycles. The zero-order chi connectivity index (χ0) is 11.5. The van der Waals surface area contributed by atoms with Gasteiger partial charge in [0.1, 0.15) is 0 Å². The molecule has 1 aromatic carbocycles. The van der Waals surface area contributed by atoms with Gasteiger partial charge in [-0.25, -0.2) is 0 Å². The van der Waals surface area contributed by atoms with Crippen LogP contribution in [0.15, 0.2) is 18.2 Å². The lowest BCUT2D eigenvalue weighted by Gasteiger charge is -2.23. The summed E-state index contributed by atoms with van der Waals surface area (Å²) in [6.07, 6.45) is 2.39. The molecule has 1 N–H and O–H groups in total. The Morgan fingerprint density at radius 2 is 2.25 bits per heavy atom. The van der Waals surface area contributed by atoms with E-state index in [1.165, 1.54) is 29.7 Å². The fourth-order valence-electron chi connectivity index (χ4n) is 2.19. The fourth-order valence-corrected chi connectivity index (χ4v) is 2.19. The molecular weight excluding hydrogens is 196 g/mol. The maximum Gasteiger partial charge on any atom is 0.0376 e. The van der Waals surface area contributed by atoms with Gasteiger partial charge in [0.25, 0.3) is 0 Å². The minimum atomic E-state index is 0.654. The highest BCUT2D eigenvalue weighted by Gasteiger charge is 2.12. The van der Waals surface area contributed by atoms with Crippen LogP contribution in [0, 0.1) is 0 Å². The molecule has 16 heavy (non-hydrogen) atoms.